The number of ether oxygens (including phenoxy) is 2. The standard InChI is InChI=1S/C13H13NO4/c1-2-9-17-10-3-5-11(6-4-10)18-13(16)8-7-12(14)15/h2-8H,1,9H2,(H2,14,15)/b8-7-. The maximum absolute atomic E-state index is 11.2. The van der Waals surface area contributed by atoms with Gasteiger partial charge in [0.25, 0.3) is 0 Å². The molecule has 0 radical (unpaired) electrons. The molecule has 0 spiro atoms. The molecule has 94 valence electrons. The summed E-state index contributed by atoms with van der Waals surface area (Å²) in [5, 5.41) is 0. The van der Waals surface area contributed by atoms with Crippen LogP contribution in [0.25, 0.3) is 0 Å². The van der Waals surface area contributed by atoms with Crippen molar-refractivity contribution in [1.82, 2.24) is 0 Å². The van der Waals surface area contributed by atoms with Gasteiger partial charge in [0.05, 0.1) is 0 Å². The van der Waals surface area contributed by atoms with E-state index in [9.17, 15) is 9.59 Å². The summed E-state index contributed by atoms with van der Waals surface area (Å²) in [6.07, 6.45) is 3.52. The van der Waals surface area contributed by atoms with E-state index < -0.39 is 11.9 Å². The van der Waals surface area contributed by atoms with Gasteiger partial charge in [-0.15, -0.1) is 0 Å². The van der Waals surface area contributed by atoms with Gasteiger partial charge in [-0.2, -0.15) is 0 Å². The maximum Gasteiger partial charge on any atom is 0.336 e. The highest BCUT2D eigenvalue weighted by atomic mass is 16.5. The Hall–Kier alpha value is -2.56. The zero-order chi connectivity index (χ0) is 13.4. The first-order valence-electron chi connectivity index (χ1n) is 5.15. The summed E-state index contributed by atoms with van der Waals surface area (Å²) in [7, 11) is 0. The molecule has 1 rings (SSSR count). The fourth-order valence-corrected chi connectivity index (χ4v) is 1.06. The first-order valence-corrected chi connectivity index (χ1v) is 5.15. The van der Waals surface area contributed by atoms with E-state index in [1.165, 1.54) is 0 Å². The monoisotopic (exact) mass is 247 g/mol. The van der Waals surface area contributed by atoms with Crippen LogP contribution >= 0.6 is 0 Å². The molecule has 18 heavy (non-hydrogen) atoms. The first-order chi connectivity index (χ1) is 8.61. The van der Waals surface area contributed by atoms with Crippen LogP contribution in [0, 0.1) is 0 Å². The number of hydrogen-bond acceptors (Lipinski definition) is 4. The topological polar surface area (TPSA) is 78.6 Å². The minimum Gasteiger partial charge on any atom is -0.490 e. The normalized spacial score (nSPS) is 10.0. The highest BCUT2D eigenvalue weighted by Gasteiger charge is 2.01. The van der Waals surface area contributed by atoms with Gasteiger partial charge in [0.15, 0.2) is 0 Å². The lowest BCUT2D eigenvalue weighted by Crippen LogP contribution is -2.09. The van der Waals surface area contributed by atoms with Gasteiger partial charge in [-0.1, -0.05) is 12.7 Å². The van der Waals surface area contributed by atoms with E-state index in [4.69, 9.17) is 15.2 Å². The SMILES string of the molecule is C=CCOc1ccc(OC(=O)/C=C\C(N)=O)cc1. The third-order valence-electron chi connectivity index (χ3n) is 1.79. The summed E-state index contributed by atoms with van der Waals surface area (Å²) in [6.45, 7) is 3.93. The van der Waals surface area contributed by atoms with Crippen LogP contribution in [0.5, 0.6) is 11.5 Å². The molecule has 0 atom stereocenters. The van der Waals surface area contributed by atoms with Gasteiger partial charge in [-0.25, -0.2) is 4.79 Å². The fraction of sp³-hybridized carbons (Fsp3) is 0.0769. The predicted octanol–water partition coefficient (Wildman–Crippen LogP) is 1.20. The molecule has 1 aromatic carbocycles. The van der Waals surface area contributed by atoms with Gasteiger partial charge in [-0.05, 0) is 24.3 Å². The van der Waals surface area contributed by atoms with Crippen LogP contribution in [0.3, 0.4) is 0 Å². The largest absolute Gasteiger partial charge is 0.490 e. The molecule has 0 bridgehead atoms. The van der Waals surface area contributed by atoms with Crippen molar-refractivity contribution in [3.8, 4) is 11.5 Å². The highest BCUT2D eigenvalue weighted by molar-refractivity contribution is 5.94. The van der Waals surface area contributed by atoms with Gasteiger partial charge in [0.1, 0.15) is 18.1 Å². The smallest absolute Gasteiger partial charge is 0.336 e. The minimum absolute atomic E-state index is 0.347. The Bertz CT molecular complexity index is 462. The van der Waals surface area contributed by atoms with E-state index in [1.54, 1.807) is 30.3 Å². The Morgan fingerprint density at radius 2 is 1.78 bits per heavy atom. The van der Waals surface area contributed by atoms with Gasteiger partial charge in [-0.3, -0.25) is 4.79 Å². The van der Waals surface area contributed by atoms with E-state index in [0.29, 0.717) is 18.1 Å². The van der Waals surface area contributed by atoms with E-state index >= 15 is 0 Å². The molecule has 0 aliphatic heterocycles. The van der Waals surface area contributed by atoms with Crippen molar-refractivity contribution in [2.24, 2.45) is 5.73 Å². The quantitative estimate of drug-likeness (QED) is 0.354. The van der Waals surface area contributed by atoms with Crippen molar-refractivity contribution in [3.63, 3.8) is 0 Å². The van der Waals surface area contributed by atoms with E-state index in [-0.39, 0.29) is 0 Å². The van der Waals surface area contributed by atoms with Crippen LogP contribution in [0.1, 0.15) is 0 Å². The van der Waals surface area contributed by atoms with Gasteiger partial charge < -0.3 is 15.2 Å². The number of nitrogens with two attached hydrogens (primary N) is 1. The van der Waals surface area contributed by atoms with Crippen molar-refractivity contribution < 1.29 is 19.1 Å². The summed E-state index contributed by atoms with van der Waals surface area (Å²) in [4.78, 5) is 21.6. The number of hydrogen-bond donors (Lipinski definition) is 1. The third-order valence-corrected chi connectivity index (χ3v) is 1.79. The molecule has 1 amide bonds. The number of benzene rings is 1. The zero-order valence-electron chi connectivity index (χ0n) is 9.67. The average Bonchev–Trinajstić information content (AvgIpc) is 2.35. The zero-order valence-corrected chi connectivity index (χ0v) is 9.67. The third kappa shape index (κ3) is 4.98. The van der Waals surface area contributed by atoms with Crippen LogP contribution in [0.4, 0.5) is 0 Å². The summed E-state index contributed by atoms with van der Waals surface area (Å²) in [5.74, 6) is -0.392. The van der Waals surface area contributed by atoms with Crippen LogP contribution in [-0.2, 0) is 9.59 Å². The average molecular weight is 247 g/mol. The van der Waals surface area contributed by atoms with E-state index in [0.717, 1.165) is 12.2 Å². The van der Waals surface area contributed by atoms with Crippen LogP contribution in [-0.4, -0.2) is 18.5 Å². The molecular formula is C13H13NO4. The molecule has 5 nitrogen and oxygen atoms in total. The second-order valence-corrected chi connectivity index (χ2v) is 3.23. The van der Waals surface area contributed by atoms with Gasteiger partial charge >= 0.3 is 5.97 Å². The summed E-state index contributed by atoms with van der Waals surface area (Å²) < 4.78 is 10.2. The molecule has 0 heterocycles. The van der Waals surface area contributed by atoms with Crippen molar-refractivity contribution in [3.05, 3.63) is 49.1 Å². The van der Waals surface area contributed by atoms with Gasteiger partial charge in [0, 0.05) is 12.2 Å². The van der Waals surface area contributed by atoms with Gasteiger partial charge in [0.2, 0.25) is 5.91 Å². The second-order valence-electron chi connectivity index (χ2n) is 3.23. The van der Waals surface area contributed by atoms with E-state index in [2.05, 4.69) is 6.58 Å². The highest BCUT2D eigenvalue weighted by Crippen LogP contribution is 2.17. The molecule has 0 saturated heterocycles. The number of primary amides is 1. The van der Waals surface area contributed by atoms with Crippen molar-refractivity contribution in [1.29, 1.82) is 0 Å². The number of carbonyl (C=O) groups excluding carboxylic acids is 2. The molecule has 1 aromatic rings. The maximum atomic E-state index is 11.2. The molecular weight excluding hydrogens is 234 g/mol. The summed E-state index contributed by atoms with van der Waals surface area (Å²) >= 11 is 0. The Morgan fingerprint density at radius 1 is 1.17 bits per heavy atom. The Kier molecular flexibility index (Phi) is 5.18. The lowest BCUT2D eigenvalue weighted by Gasteiger charge is -2.04. The lowest BCUT2D eigenvalue weighted by atomic mass is 10.3. The van der Waals surface area contributed by atoms with Crippen LogP contribution in [0.2, 0.25) is 0 Å². The summed E-state index contributed by atoms with van der Waals surface area (Å²) in [6, 6.07) is 6.47. The molecule has 0 aliphatic carbocycles. The summed E-state index contributed by atoms with van der Waals surface area (Å²) in [5.41, 5.74) is 4.84. The minimum atomic E-state index is -0.708. The first kappa shape index (κ1) is 13.5. The number of esters is 1. The number of amides is 1. The fourth-order valence-electron chi connectivity index (χ4n) is 1.06. The molecule has 0 saturated carbocycles. The lowest BCUT2D eigenvalue weighted by molar-refractivity contribution is -0.129. The Balaban J connectivity index is 2.55. The molecule has 0 fully saturated rings. The molecule has 0 aromatic heterocycles. The van der Waals surface area contributed by atoms with Crippen LogP contribution < -0.4 is 15.2 Å². The van der Waals surface area contributed by atoms with Crippen molar-refractivity contribution in [2.45, 2.75) is 0 Å². The van der Waals surface area contributed by atoms with Crippen LogP contribution in [0.15, 0.2) is 49.1 Å². The predicted molar refractivity (Wildman–Crippen MR) is 66.1 cm³/mol. The molecule has 0 aliphatic rings. The van der Waals surface area contributed by atoms with Crippen molar-refractivity contribution in [2.75, 3.05) is 6.61 Å². The molecule has 0 unspecified atom stereocenters. The number of rotatable bonds is 6. The second kappa shape index (κ2) is 6.90. The Morgan fingerprint density at radius 3 is 2.33 bits per heavy atom. The number of carbonyl (C=O) groups is 2. The molecule has 5 heteroatoms. The van der Waals surface area contributed by atoms with E-state index in [1.807, 2.05) is 0 Å². The van der Waals surface area contributed by atoms with Crippen molar-refractivity contribution >= 4 is 11.9 Å². The molecule has 2 N–H and O–H groups in total. The Labute approximate surface area is 104 Å².